The normalized spacial score (nSPS) is 48.4. The van der Waals surface area contributed by atoms with Crippen LogP contribution in [0.5, 0.6) is 0 Å². The van der Waals surface area contributed by atoms with Crippen LogP contribution in [-0.2, 0) is 66.5 Å². The van der Waals surface area contributed by atoms with E-state index in [9.17, 15) is 91.0 Å². The summed E-state index contributed by atoms with van der Waals surface area (Å²) in [5, 5.41) is 169. The molecular formula is C50H78O30. The predicted octanol–water partition coefficient (Wildman–Crippen LogP) is -7.22. The van der Waals surface area contributed by atoms with Crippen molar-refractivity contribution in [3.63, 3.8) is 0 Å². The second-order valence-corrected chi connectivity index (χ2v) is 22.2. The number of carbonyl (C=O) groups is 3. The van der Waals surface area contributed by atoms with Gasteiger partial charge in [-0.15, -0.1) is 0 Å². The van der Waals surface area contributed by atoms with Gasteiger partial charge < -0.3 is 134 Å². The number of carbonyl (C=O) groups excluding carboxylic acids is 2. The fourth-order valence-electron chi connectivity index (χ4n) is 12.0. The van der Waals surface area contributed by atoms with Crippen molar-refractivity contribution in [2.24, 2.45) is 17.8 Å². The lowest BCUT2D eigenvalue weighted by Crippen LogP contribution is -2.65. The lowest BCUT2D eigenvalue weighted by atomic mass is 9.72. The summed E-state index contributed by atoms with van der Waals surface area (Å²) in [5.74, 6) is -5.01. The smallest absolute Gasteiger partial charge is 0.330 e. The van der Waals surface area contributed by atoms with Gasteiger partial charge >= 0.3 is 17.9 Å². The van der Waals surface area contributed by atoms with Crippen molar-refractivity contribution in [1.29, 1.82) is 0 Å². The molecule has 5 saturated heterocycles. The first-order valence-electron chi connectivity index (χ1n) is 27.2. The number of aliphatic carboxylic acids is 1. The standard InChI is InChI=1S/C50H78O30/c51-14-29-36(61)39(64)43(68)48(77-29)73-21-5-1-18(2-6-21)3-8-33(58)70-16-31-38(63)41(66)46(80-47-42(67)35(60)25(55)15-72-47)50(79-31)76-28-12-22-26(74-45(28)19-4-7-23(53)24(54)9-19)10-20(52)11-27(22)75-49-44(69)40(65)37(62)30(78-49)17-71-34(59)13-32(56)57/h3,8,18-31,35-55,60-69H,1-2,4-7,9-17H2,(H,56,57). The minimum atomic E-state index is -1.97. The van der Waals surface area contributed by atoms with E-state index in [0.717, 1.165) is 0 Å². The van der Waals surface area contributed by atoms with E-state index in [1.165, 1.54) is 6.08 Å². The number of carboxylic acids is 1. The fraction of sp³-hybridized carbons (Fsp3) is 0.900. The van der Waals surface area contributed by atoms with E-state index in [-0.39, 0.29) is 38.0 Å². The van der Waals surface area contributed by atoms with Gasteiger partial charge in [0.05, 0.1) is 62.0 Å². The topological polar surface area (TPSA) is 476 Å². The summed E-state index contributed by atoms with van der Waals surface area (Å²) in [4.78, 5) is 36.3. The van der Waals surface area contributed by atoms with Crippen LogP contribution in [0.2, 0.25) is 0 Å². The van der Waals surface area contributed by atoms with E-state index in [1.54, 1.807) is 6.08 Å². The van der Waals surface area contributed by atoms with Gasteiger partial charge in [-0.1, -0.05) is 6.08 Å². The molecule has 0 amide bonds. The van der Waals surface area contributed by atoms with Crippen LogP contribution in [-0.4, -0.2) is 292 Å². The predicted molar refractivity (Wildman–Crippen MR) is 255 cm³/mol. The van der Waals surface area contributed by atoms with Crippen LogP contribution in [0.1, 0.15) is 70.6 Å². The minimum absolute atomic E-state index is 0.00484. The van der Waals surface area contributed by atoms with E-state index in [0.29, 0.717) is 32.1 Å². The zero-order valence-electron chi connectivity index (χ0n) is 43.5. The average molecular weight is 1160 g/mol. The highest BCUT2D eigenvalue weighted by Gasteiger charge is 2.56. The molecule has 28 atom stereocenters. The molecule has 8 fully saturated rings. The zero-order chi connectivity index (χ0) is 57.9. The fourth-order valence-corrected chi connectivity index (χ4v) is 12.0. The number of aliphatic hydroxyl groups is 15. The molecule has 0 aromatic rings. The molecule has 0 bridgehead atoms. The van der Waals surface area contributed by atoms with E-state index >= 15 is 0 Å². The lowest BCUT2D eigenvalue weighted by Gasteiger charge is -2.53. The minimum Gasteiger partial charge on any atom is -0.481 e. The molecule has 8 aliphatic rings. The van der Waals surface area contributed by atoms with Crippen molar-refractivity contribution in [3.05, 3.63) is 12.2 Å². The number of esters is 2. The molecule has 3 saturated carbocycles. The van der Waals surface area contributed by atoms with Crippen molar-refractivity contribution in [1.82, 2.24) is 0 Å². The summed E-state index contributed by atoms with van der Waals surface area (Å²) in [6.45, 7) is -2.57. The molecule has 30 heteroatoms. The molecule has 458 valence electrons. The molecule has 5 heterocycles. The van der Waals surface area contributed by atoms with Crippen molar-refractivity contribution in [3.8, 4) is 0 Å². The van der Waals surface area contributed by atoms with Gasteiger partial charge in [-0.2, -0.15) is 0 Å². The van der Waals surface area contributed by atoms with Crippen LogP contribution in [0.25, 0.3) is 0 Å². The molecule has 0 spiro atoms. The van der Waals surface area contributed by atoms with Crippen LogP contribution < -0.4 is 0 Å². The number of fused-ring (bicyclic) bond motifs is 1. The van der Waals surface area contributed by atoms with Crippen molar-refractivity contribution < 1.29 is 148 Å². The Morgan fingerprint density at radius 3 is 1.77 bits per heavy atom. The maximum atomic E-state index is 13.2. The maximum absolute atomic E-state index is 13.2. The third-order valence-electron chi connectivity index (χ3n) is 16.6. The largest absolute Gasteiger partial charge is 0.481 e. The SMILES string of the molecule is O=C(O)CC(=O)OCC1OC(OC2CC(O)CC3OC(C4CCC(O)C(O)C4)C(OC4OC(COC(=O)C=CC5CCC(OC6OC(CO)C(O)C(O)C6O)CC5)C(O)C(O)C4OC4OCC(O)C(O)C4O)CC23)C(O)C(O)C1O. The average Bonchev–Trinajstić information content (AvgIpc) is 3.44. The Balaban J connectivity index is 0.974. The Hall–Kier alpha value is -2.81. The second kappa shape index (κ2) is 27.9. The van der Waals surface area contributed by atoms with Gasteiger partial charge in [0.15, 0.2) is 25.2 Å². The third-order valence-corrected chi connectivity index (χ3v) is 16.6. The van der Waals surface area contributed by atoms with E-state index < -0.39 is 228 Å². The number of hydrogen-bond acceptors (Lipinski definition) is 29. The Kier molecular flexibility index (Phi) is 22.1. The van der Waals surface area contributed by atoms with E-state index in [1.807, 2.05) is 0 Å². The molecule has 80 heavy (non-hydrogen) atoms. The van der Waals surface area contributed by atoms with Crippen molar-refractivity contribution >= 4 is 17.9 Å². The van der Waals surface area contributed by atoms with Crippen molar-refractivity contribution in [2.45, 2.75) is 236 Å². The quantitative estimate of drug-likeness (QED) is 0.0344. The number of allylic oxidation sites excluding steroid dienone is 1. The first kappa shape index (κ1) is 63.2. The first-order chi connectivity index (χ1) is 38.0. The van der Waals surface area contributed by atoms with Crippen LogP contribution in [0.3, 0.4) is 0 Å². The van der Waals surface area contributed by atoms with Gasteiger partial charge in [0.1, 0.15) is 111 Å². The van der Waals surface area contributed by atoms with Gasteiger partial charge in [-0.3, -0.25) is 9.59 Å². The van der Waals surface area contributed by atoms with Crippen LogP contribution >= 0.6 is 0 Å². The van der Waals surface area contributed by atoms with Gasteiger partial charge in [0.25, 0.3) is 0 Å². The summed E-state index contributed by atoms with van der Waals surface area (Å²) < 4.78 is 65.0. The first-order valence-corrected chi connectivity index (χ1v) is 27.2. The molecular weight excluding hydrogens is 1080 g/mol. The molecule has 30 nitrogen and oxygen atoms in total. The Morgan fingerprint density at radius 1 is 0.512 bits per heavy atom. The van der Waals surface area contributed by atoms with Crippen molar-refractivity contribution in [2.75, 3.05) is 26.4 Å². The summed E-state index contributed by atoms with van der Waals surface area (Å²) in [7, 11) is 0. The number of ether oxygens (including phenoxy) is 11. The summed E-state index contributed by atoms with van der Waals surface area (Å²) in [6, 6.07) is 0. The molecule has 0 aromatic heterocycles. The lowest BCUT2D eigenvalue weighted by molar-refractivity contribution is -0.373. The molecule has 3 aliphatic carbocycles. The molecule has 5 aliphatic heterocycles. The van der Waals surface area contributed by atoms with Gasteiger partial charge in [-0.25, -0.2) is 4.79 Å². The maximum Gasteiger partial charge on any atom is 0.330 e. The highest BCUT2D eigenvalue weighted by molar-refractivity contribution is 5.90. The number of aliphatic hydroxyl groups excluding tert-OH is 15. The van der Waals surface area contributed by atoms with Crippen LogP contribution in [0.15, 0.2) is 12.2 Å². The zero-order valence-corrected chi connectivity index (χ0v) is 43.5. The number of rotatable bonds is 18. The molecule has 0 radical (unpaired) electrons. The molecule has 8 rings (SSSR count). The highest BCUT2D eigenvalue weighted by Crippen LogP contribution is 2.45. The summed E-state index contributed by atoms with van der Waals surface area (Å²) in [5.41, 5.74) is 0. The molecule has 0 aromatic carbocycles. The Morgan fingerprint density at radius 2 is 1.11 bits per heavy atom. The van der Waals surface area contributed by atoms with Gasteiger partial charge in [-0.05, 0) is 69.6 Å². The monoisotopic (exact) mass is 1160 g/mol. The van der Waals surface area contributed by atoms with Gasteiger partial charge in [0, 0.05) is 18.4 Å². The van der Waals surface area contributed by atoms with Gasteiger partial charge in [0.2, 0.25) is 0 Å². The van der Waals surface area contributed by atoms with E-state index in [4.69, 9.17) is 57.2 Å². The van der Waals surface area contributed by atoms with Crippen LogP contribution in [0.4, 0.5) is 0 Å². The van der Waals surface area contributed by atoms with E-state index in [2.05, 4.69) is 0 Å². The second-order valence-electron chi connectivity index (χ2n) is 22.2. The number of carboxylic acid groups (broad SMARTS) is 1. The molecule has 16 N–H and O–H groups in total. The molecule has 28 unspecified atom stereocenters. The summed E-state index contributed by atoms with van der Waals surface area (Å²) >= 11 is 0. The third kappa shape index (κ3) is 15.0. The van der Waals surface area contributed by atoms with Crippen LogP contribution in [0, 0.1) is 17.8 Å². The Bertz CT molecular complexity index is 2030. The Labute approximate surface area is 457 Å². The number of hydrogen-bond donors (Lipinski definition) is 16. The summed E-state index contributed by atoms with van der Waals surface area (Å²) in [6.07, 6.45) is -35.9. The highest BCUT2D eigenvalue weighted by atomic mass is 16.8.